The largest absolute Gasteiger partial charge is 0.497 e. The predicted octanol–water partition coefficient (Wildman–Crippen LogP) is 2.95. The number of aryl methyl sites for hydroxylation is 1. The van der Waals surface area contributed by atoms with E-state index in [9.17, 15) is 4.79 Å². The van der Waals surface area contributed by atoms with Gasteiger partial charge in [0.1, 0.15) is 11.5 Å². The van der Waals surface area contributed by atoms with Gasteiger partial charge in [-0.3, -0.25) is 4.79 Å². The molecule has 0 radical (unpaired) electrons. The van der Waals surface area contributed by atoms with Crippen LogP contribution in [-0.4, -0.2) is 12.9 Å². The minimum atomic E-state index is -0.172. The third kappa shape index (κ3) is 1.30. The molecule has 1 fully saturated rings. The number of hydrogen-bond donors (Lipinski definition) is 0. The summed E-state index contributed by atoms with van der Waals surface area (Å²) in [4.78, 5) is 12.0. The minimum Gasteiger partial charge on any atom is -0.497 e. The molecule has 0 heterocycles. The molecular formula is C15H18O2. The van der Waals surface area contributed by atoms with Crippen molar-refractivity contribution in [2.75, 3.05) is 7.11 Å². The Morgan fingerprint density at radius 2 is 2.12 bits per heavy atom. The molecule has 1 saturated carbocycles. The number of fused-ring (bicyclic) bond motifs is 3. The van der Waals surface area contributed by atoms with Gasteiger partial charge in [-0.25, -0.2) is 0 Å². The van der Waals surface area contributed by atoms with Crippen LogP contribution in [0.1, 0.15) is 37.3 Å². The zero-order valence-corrected chi connectivity index (χ0v) is 10.6. The van der Waals surface area contributed by atoms with Crippen molar-refractivity contribution >= 4 is 5.78 Å². The molecule has 90 valence electrons. The van der Waals surface area contributed by atoms with E-state index in [1.54, 1.807) is 7.11 Å². The summed E-state index contributed by atoms with van der Waals surface area (Å²) in [7, 11) is 1.70. The van der Waals surface area contributed by atoms with Crippen LogP contribution in [0.3, 0.4) is 0 Å². The Hall–Kier alpha value is -1.31. The number of carbonyl (C=O) groups excluding carboxylic acids is 1. The third-order valence-electron chi connectivity index (χ3n) is 4.56. The van der Waals surface area contributed by atoms with Gasteiger partial charge in [0, 0.05) is 17.3 Å². The van der Waals surface area contributed by atoms with Gasteiger partial charge in [-0.15, -0.1) is 0 Å². The van der Waals surface area contributed by atoms with E-state index in [-0.39, 0.29) is 11.3 Å². The lowest BCUT2D eigenvalue weighted by atomic mass is 9.49. The second kappa shape index (κ2) is 3.34. The molecule has 2 aliphatic carbocycles. The first-order valence-electron chi connectivity index (χ1n) is 6.27. The molecule has 3 rings (SSSR count). The maximum absolute atomic E-state index is 12.0. The molecule has 0 N–H and O–H groups in total. The van der Waals surface area contributed by atoms with E-state index in [1.807, 2.05) is 6.07 Å². The summed E-state index contributed by atoms with van der Waals surface area (Å²) < 4.78 is 5.27. The van der Waals surface area contributed by atoms with Crippen LogP contribution in [0.25, 0.3) is 0 Å². The Morgan fingerprint density at radius 3 is 2.82 bits per heavy atom. The van der Waals surface area contributed by atoms with Crippen LogP contribution < -0.4 is 4.74 Å². The third-order valence-corrected chi connectivity index (χ3v) is 4.56. The van der Waals surface area contributed by atoms with Crippen LogP contribution in [0.2, 0.25) is 0 Å². The molecule has 1 aromatic carbocycles. The summed E-state index contributed by atoms with van der Waals surface area (Å²) in [5.41, 5.74) is 2.56. The quantitative estimate of drug-likeness (QED) is 0.741. The van der Waals surface area contributed by atoms with Crippen molar-refractivity contribution in [2.45, 2.75) is 32.6 Å². The SMILES string of the molecule is COc1ccc2c(c1)CCC1C(=O)C(C)(C)C21. The summed E-state index contributed by atoms with van der Waals surface area (Å²) in [5.74, 6) is 2.06. The molecule has 0 spiro atoms. The average Bonchev–Trinajstić information content (AvgIpc) is 2.35. The second-order valence-corrected chi connectivity index (χ2v) is 5.77. The number of ketones is 1. The van der Waals surface area contributed by atoms with Crippen molar-refractivity contribution in [3.63, 3.8) is 0 Å². The molecule has 2 atom stereocenters. The van der Waals surface area contributed by atoms with E-state index in [2.05, 4.69) is 26.0 Å². The molecule has 17 heavy (non-hydrogen) atoms. The van der Waals surface area contributed by atoms with E-state index in [0.29, 0.717) is 11.7 Å². The van der Waals surface area contributed by atoms with Gasteiger partial charge in [0.25, 0.3) is 0 Å². The zero-order chi connectivity index (χ0) is 12.2. The van der Waals surface area contributed by atoms with Crippen molar-refractivity contribution in [2.24, 2.45) is 11.3 Å². The number of hydrogen-bond acceptors (Lipinski definition) is 2. The van der Waals surface area contributed by atoms with Crippen LogP contribution in [0.15, 0.2) is 18.2 Å². The van der Waals surface area contributed by atoms with E-state index >= 15 is 0 Å². The van der Waals surface area contributed by atoms with Crippen LogP contribution >= 0.6 is 0 Å². The van der Waals surface area contributed by atoms with Gasteiger partial charge in [0.2, 0.25) is 0 Å². The van der Waals surface area contributed by atoms with Gasteiger partial charge in [-0.1, -0.05) is 19.9 Å². The van der Waals surface area contributed by atoms with E-state index in [1.165, 1.54) is 11.1 Å². The van der Waals surface area contributed by atoms with Gasteiger partial charge in [-0.2, -0.15) is 0 Å². The monoisotopic (exact) mass is 230 g/mol. The molecule has 0 bridgehead atoms. The van der Waals surface area contributed by atoms with E-state index in [0.717, 1.165) is 18.6 Å². The van der Waals surface area contributed by atoms with E-state index < -0.39 is 0 Å². The van der Waals surface area contributed by atoms with Crippen molar-refractivity contribution in [3.8, 4) is 5.75 Å². The summed E-state index contributed by atoms with van der Waals surface area (Å²) in [6, 6.07) is 6.30. The molecule has 2 heteroatoms. The van der Waals surface area contributed by atoms with Crippen molar-refractivity contribution < 1.29 is 9.53 Å². The number of ether oxygens (including phenoxy) is 1. The molecule has 0 saturated heterocycles. The normalized spacial score (nSPS) is 29.0. The van der Waals surface area contributed by atoms with Gasteiger partial charge >= 0.3 is 0 Å². The maximum atomic E-state index is 12.0. The summed E-state index contributed by atoms with van der Waals surface area (Å²) in [6.07, 6.45) is 2.02. The molecule has 0 aliphatic heterocycles. The summed E-state index contributed by atoms with van der Waals surface area (Å²) in [6.45, 7) is 4.16. The van der Waals surface area contributed by atoms with Crippen LogP contribution in [0, 0.1) is 11.3 Å². The highest BCUT2D eigenvalue weighted by atomic mass is 16.5. The molecular weight excluding hydrogens is 212 g/mol. The summed E-state index contributed by atoms with van der Waals surface area (Å²) in [5, 5.41) is 0. The number of benzene rings is 1. The number of Topliss-reactive ketones (excluding diaryl/α,β-unsaturated/α-hetero) is 1. The number of rotatable bonds is 1. The van der Waals surface area contributed by atoms with Gasteiger partial charge < -0.3 is 4.74 Å². The Bertz CT molecular complexity index is 488. The Kier molecular flexibility index (Phi) is 2.13. The average molecular weight is 230 g/mol. The fourth-order valence-electron chi connectivity index (χ4n) is 3.63. The Balaban J connectivity index is 2.05. The summed E-state index contributed by atoms with van der Waals surface area (Å²) >= 11 is 0. The molecule has 1 aromatic rings. The maximum Gasteiger partial charge on any atom is 0.142 e. The van der Waals surface area contributed by atoms with Gasteiger partial charge in [-0.05, 0) is 36.1 Å². The Morgan fingerprint density at radius 1 is 1.35 bits per heavy atom. The van der Waals surface area contributed by atoms with Crippen LogP contribution in [-0.2, 0) is 11.2 Å². The minimum absolute atomic E-state index is 0.172. The Labute approximate surface area is 102 Å². The highest BCUT2D eigenvalue weighted by Gasteiger charge is 2.57. The van der Waals surface area contributed by atoms with Gasteiger partial charge in [0.05, 0.1) is 7.11 Å². The lowest BCUT2D eigenvalue weighted by molar-refractivity contribution is -0.147. The highest BCUT2D eigenvalue weighted by Crippen LogP contribution is 2.58. The second-order valence-electron chi connectivity index (χ2n) is 5.77. The highest BCUT2D eigenvalue weighted by molar-refractivity contribution is 5.95. The first-order valence-corrected chi connectivity index (χ1v) is 6.27. The van der Waals surface area contributed by atoms with Crippen molar-refractivity contribution in [3.05, 3.63) is 29.3 Å². The first kappa shape index (κ1) is 10.8. The molecule has 0 aromatic heterocycles. The number of carbonyl (C=O) groups is 1. The van der Waals surface area contributed by atoms with Crippen LogP contribution in [0.5, 0.6) is 5.75 Å². The first-order chi connectivity index (χ1) is 8.05. The molecule has 2 unspecified atom stereocenters. The topological polar surface area (TPSA) is 26.3 Å². The lowest BCUT2D eigenvalue weighted by Gasteiger charge is -2.52. The zero-order valence-electron chi connectivity index (χ0n) is 10.6. The van der Waals surface area contributed by atoms with Gasteiger partial charge in [0.15, 0.2) is 0 Å². The predicted molar refractivity (Wildman–Crippen MR) is 66.3 cm³/mol. The smallest absolute Gasteiger partial charge is 0.142 e. The standard InChI is InChI=1S/C15H18O2/c1-15(2)13-11-7-5-10(17-3)8-9(11)4-6-12(13)14(15)16/h5,7-8,12-13H,4,6H2,1-3H3. The van der Waals surface area contributed by atoms with E-state index in [4.69, 9.17) is 4.74 Å². The van der Waals surface area contributed by atoms with Crippen LogP contribution in [0.4, 0.5) is 0 Å². The lowest BCUT2D eigenvalue weighted by Crippen LogP contribution is -2.54. The van der Waals surface area contributed by atoms with Crippen molar-refractivity contribution in [1.29, 1.82) is 0 Å². The molecule has 2 nitrogen and oxygen atoms in total. The number of methoxy groups -OCH3 is 1. The molecule has 2 aliphatic rings. The fourth-order valence-corrected chi connectivity index (χ4v) is 3.63. The molecule has 0 amide bonds. The van der Waals surface area contributed by atoms with Crippen molar-refractivity contribution in [1.82, 2.24) is 0 Å². The fraction of sp³-hybridized carbons (Fsp3) is 0.533.